The number of nitrogens with one attached hydrogen (secondary N) is 3. The number of aliphatic imine (C=N–C) groups is 1. The number of aromatic amines is 1. The minimum atomic E-state index is -0.214. The van der Waals surface area contributed by atoms with E-state index in [-0.39, 0.29) is 29.8 Å². The van der Waals surface area contributed by atoms with Crippen LogP contribution in [0.2, 0.25) is 0 Å². The Balaban J connectivity index is 0.00000272. The van der Waals surface area contributed by atoms with Crippen LogP contribution in [0.4, 0.5) is 4.39 Å². The second-order valence-electron chi connectivity index (χ2n) is 7.93. The van der Waals surface area contributed by atoms with Crippen molar-refractivity contribution in [3.05, 3.63) is 71.7 Å². The third kappa shape index (κ3) is 6.43. The quantitative estimate of drug-likeness (QED) is 0.251. The van der Waals surface area contributed by atoms with Gasteiger partial charge in [0, 0.05) is 56.4 Å². The number of halogens is 2. The fraction of sp³-hybridized carbons (Fsp3) is 0.375. The Morgan fingerprint density at radius 3 is 2.68 bits per heavy atom. The average Bonchev–Trinajstić information content (AvgIpc) is 3.17. The Hall–Kier alpha value is -2.13. The van der Waals surface area contributed by atoms with Crippen molar-refractivity contribution in [3.63, 3.8) is 0 Å². The van der Waals surface area contributed by atoms with E-state index in [2.05, 4.69) is 55.8 Å². The van der Waals surface area contributed by atoms with Gasteiger partial charge in [-0.1, -0.05) is 30.3 Å². The number of aromatic nitrogens is 1. The summed E-state index contributed by atoms with van der Waals surface area (Å²) in [5.41, 5.74) is 3.40. The average molecular weight is 535 g/mol. The van der Waals surface area contributed by atoms with Gasteiger partial charge in [0.1, 0.15) is 5.82 Å². The summed E-state index contributed by atoms with van der Waals surface area (Å²) in [5.74, 6) is 0.635. The van der Waals surface area contributed by atoms with Crippen LogP contribution in [0.25, 0.3) is 10.9 Å². The number of H-pyrrole nitrogens is 1. The van der Waals surface area contributed by atoms with E-state index >= 15 is 0 Å². The standard InChI is InChI=1S/C24H30FN5.HI/c1-26-24(27-12-9-19-16-28-23-15-20(25)7-8-22(19)23)29-21-10-13-30(14-11-21)17-18-5-3-2-4-6-18;/h2-8,15-16,21,28H,9-14,17H2,1H3,(H2,26,27,29);1H. The summed E-state index contributed by atoms with van der Waals surface area (Å²) < 4.78 is 13.3. The summed E-state index contributed by atoms with van der Waals surface area (Å²) in [7, 11) is 1.81. The van der Waals surface area contributed by atoms with E-state index in [4.69, 9.17) is 0 Å². The predicted octanol–water partition coefficient (Wildman–Crippen LogP) is 4.30. The van der Waals surface area contributed by atoms with Crippen LogP contribution in [0, 0.1) is 5.82 Å². The fourth-order valence-electron chi connectivity index (χ4n) is 4.15. The Morgan fingerprint density at radius 1 is 1.16 bits per heavy atom. The molecule has 4 rings (SSSR count). The van der Waals surface area contributed by atoms with Gasteiger partial charge in [-0.15, -0.1) is 24.0 Å². The van der Waals surface area contributed by atoms with Crippen LogP contribution in [0.5, 0.6) is 0 Å². The molecular formula is C24H31FIN5. The van der Waals surface area contributed by atoms with Crippen molar-refractivity contribution in [1.82, 2.24) is 20.5 Å². The Bertz CT molecular complexity index is 980. The van der Waals surface area contributed by atoms with E-state index in [0.29, 0.717) is 6.04 Å². The van der Waals surface area contributed by atoms with Gasteiger partial charge in [0.05, 0.1) is 0 Å². The zero-order chi connectivity index (χ0) is 20.8. The molecule has 0 spiro atoms. The second-order valence-corrected chi connectivity index (χ2v) is 7.93. The molecule has 1 aliphatic rings. The molecule has 1 saturated heterocycles. The van der Waals surface area contributed by atoms with Crippen molar-refractivity contribution in [2.75, 3.05) is 26.7 Å². The summed E-state index contributed by atoms with van der Waals surface area (Å²) in [4.78, 5) is 10.1. The van der Waals surface area contributed by atoms with Gasteiger partial charge in [-0.25, -0.2) is 4.39 Å². The van der Waals surface area contributed by atoms with Gasteiger partial charge in [0.25, 0.3) is 0 Å². The number of benzene rings is 2. The summed E-state index contributed by atoms with van der Waals surface area (Å²) in [6, 6.07) is 16.0. The Kier molecular flexibility index (Phi) is 8.71. The van der Waals surface area contributed by atoms with Crippen LogP contribution < -0.4 is 10.6 Å². The van der Waals surface area contributed by atoms with Crippen molar-refractivity contribution in [3.8, 4) is 0 Å². The van der Waals surface area contributed by atoms with Crippen molar-refractivity contribution in [2.24, 2.45) is 4.99 Å². The first-order valence-electron chi connectivity index (χ1n) is 10.7. The molecule has 0 unspecified atom stereocenters. The van der Waals surface area contributed by atoms with Crippen molar-refractivity contribution in [2.45, 2.75) is 31.8 Å². The van der Waals surface area contributed by atoms with E-state index < -0.39 is 0 Å². The first-order valence-corrected chi connectivity index (χ1v) is 10.7. The number of hydrogen-bond donors (Lipinski definition) is 3. The summed E-state index contributed by atoms with van der Waals surface area (Å²) in [6.45, 7) is 3.98. The molecule has 2 heterocycles. The lowest BCUT2D eigenvalue weighted by molar-refractivity contribution is 0.198. The third-order valence-electron chi connectivity index (χ3n) is 5.82. The molecule has 0 amide bonds. The number of fused-ring (bicyclic) bond motifs is 1. The molecule has 1 aliphatic heterocycles. The van der Waals surface area contributed by atoms with Crippen LogP contribution in [0.3, 0.4) is 0 Å². The van der Waals surface area contributed by atoms with E-state index in [1.165, 1.54) is 23.3 Å². The third-order valence-corrected chi connectivity index (χ3v) is 5.82. The molecule has 166 valence electrons. The molecule has 2 aromatic carbocycles. The van der Waals surface area contributed by atoms with Gasteiger partial charge in [-0.05, 0) is 48.6 Å². The maximum atomic E-state index is 13.3. The van der Waals surface area contributed by atoms with Gasteiger partial charge in [0.2, 0.25) is 0 Å². The number of rotatable bonds is 6. The fourth-order valence-corrected chi connectivity index (χ4v) is 4.15. The Labute approximate surface area is 200 Å². The second kappa shape index (κ2) is 11.5. The predicted molar refractivity (Wildman–Crippen MR) is 137 cm³/mol. The van der Waals surface area contributed by atoms with Crippen molar-refractivity contribution >= 4 is 40.8 Å². The zero-order valence-corrected chi connectivity index (χ0v) is 20.2. The van der Waals surface area contributed by atoms with Crippen LogP contribution in [0.15, 0.2) is 59.7 Å². The topological polar surface area (TPSA) is 55.5 Å². The molecule has 0 aliphatic carbocycles. The molecule has 7 heteroatoms. The van der Waals surface area contributed by atoms with Crippen molar-refractivity contribution < 1.29 is 4.39 Å². The zero-order valence-electron chi connectivity index (χ0n) is 17.9. The summed E-state index contributed by atoms with van der Waals surface area (Å²) in [5, 5.41) is 8.06. The lowest BCUT2D eigenvalue weighted by Gasteiger charge is -2.33. The van der Waals surface area contributed by atoms with Crippen LogP contribution in [-0.4, -0.2) is 48.6 Å². The number of hydrogen-bond acceptors (Lipinski definition) is 2. The molecule has 1 aromatic heterocycles. The minimum Gasteiger partial charge on any atom is -0.361 e. The monoisotopic (exact) mass is 535 g/mol. The Morgan fingerprint density at radius 2 is 1.94 bits per heavy atom. The van der Waals surface area contributed by atoms with E-state index in [0.717, 1.165) is 62.3 Å². The van der Waals surface area contributed by atoms with Gasteiger partial charge >= 0.3 is 0 Å². The lowest BCUT2D eigenvalue weighted by atomic mass is 10.0. The van der Waals surface area contributed by atoms with Crippen molar-refractivity contribution in [1.29, 1.82) is 0 Å². The van der Waals surface area contributed by atoms with E-state index in [9.17, 15) is 4.39 Å². The highest BCUT2D eigenvalue weighted by Gasteiger charge is 2.20. The number of likely N-dealkylation sites (tertiary alicyclic amines) is 1. The first-order chi connectivity index (χ1) is 14.7. The maximum Gasteiger partial charge on any atom is 0.191 e. The van der Waals surface area contributed by atoms with Crippen LogP contribution in [-0.2, 0) is 13.0 Å². The molecule has 3 N–H and O–H groups in total. The number of nitrogens with zero attached hydrogens (tertiary/aromatic N) is 2. The molecule has 31 heavy (non-hydrogen) atoms. The van der Waals surface area contributed by atoms with Gasteiger partial charge in [0.15, 0.2) is 5.96 Å². The summed E-state index contributed by atoms with van der Waals surface area (Å²) >= 11 is 0. The molecule has 0 atom stereocenters. The smallest absolute Gasteiger partial charge is 0.191 e. The van der Waals surface area contributed by atoms with Crippen LogP contribution >= 0.6 is 24.0 Å². The normalized spacial score (nSPS) is 15.6. The molecule has 0 saturated carbocycles. The highest BCUT2D eigenvalue weighted by Crippen LogP contribution is 2.19. The largest absolute Gasteiger partial charge is 0.361 e. The molecule has 1 fully saturated rings. The first kappa shape index (κ1) is 23.5. The van der Waals surface area contributed by atoms with Gasteiger partial charge in [-0.3, -0.25) is 9.89 Å². The molecule has 0 bridgehead atoms. The SMILES string of the molecule is CN=C(NCCc1c[nH]c2cc(F)ccc12)NC1CCN(Cc2ccccc2)CC1.I. The number of piperidine rings is 1. The molecule has 5 nitrogen and oxygen atoms in total. The van der Waals surface area contributed by atoms with Gasteiger partial charge < -0.3 is 15.6 Å². The molecule has 3 aromatic rings. The van der Waals surface area contributed by atoms with Crippen LogP contribution in [0.1, 0.15) is 24.0 Å². The molecular weight excluding hydrogens is 504 g/mol. The minimum absolute atomic E-state index is 0. The van der Waals surface area contributed by atoms with E-state index in [1.807, 2.05) is 19.3 Å². The summed E-state index contributed by atoms with van der Waals surface area (Å²) in [6.07, 6.45) is 5.04. The highest BCUT2D eigenvalue weighted by atomic mass is 127. The van der Waals surface area contributed by atoms with Gasteiger partial charge in [-0.2, -0.15) is 0 Å². The molecule has 0 radical (unpaired) electrons. The lowest BCUT2D eigenvalue weighted by Crippen LogP contribution is -2.48. The van der Waals surface area contributed by atoms with E-state index in [1.54, 1.807) is 0 Å². The maximum absolute atomic E-state index is 13.3. The number of guanidine groups is 1. The highest BCUT2D eigenvalue weighted by molar-refractivity contribution is 14.0.